The first-order chi connectivity index (χ1) is 7.93. The van der Waals surface area contributed by atoms with Gasteiger partial charge >= 0.3 is 11.9 Å². The SMILES string of the molecule is C#CC1=C(C)[C@@H](OC(C)=O)C[C@H](OC(C)=O)C1. The topological polar surface area (TPSA) is 52.6 Å². The fraction of sp³-hybridized carbons (Fsp3) is 0.538. The number of carbonyl (C=O) groups is 2. The maximum atomic E-state index is 11.0. The van der Waals surface area contributed by atoms with Gasteiger partial charge in [-0.3, -0.25) is 9.59 Å². The number of hydrogen-bond donors (Lipinski definition) is 0. The van der Waals surface area contributed by atoms with Crippen LogP contribution in [-0.4, -0.2) is 24.1 Å². The molecule has 0 N–H and O–H groups in total. The van der Waals surface area contributed by atoms with Crippen LogP contribution in [0.3, 0.4) is 0 Å². The van der Waals surface area contributed by atoms with Gasteiger partial charge in [-0.05, 0) is 12.5 Å². The van der Waals surface area contributed by atoms with Crippen LogP contribution in [0.1, 0.15) is 33.6 Å². The van der Waals surface area contributed by atoms with Gasteiger partial charge in [0.15, 0.2) is 0 Å². The van der Waals surface area contributed by atoms with Gasteiger partial charge in [-0.1, -0.05) is 5.92 Å². The van der Waals surface area contributed by atoms with E-state index in [-0.39, 0.29) is 18.0 Å². The van der Waals surface area contributed by atoms with Crippen LogP contribution in [0.15, 0.2) is 11.1 Å². The molecular formula is C13H16O4. The minimum atomic E-state index is -0.392. The van der Waals surface area contributed by atoms with Crippen LogP contribution >= 0.6 is 0 Å². The molecule has 0 unspecified atom stereocenters. The second-order valence-electron chi connectivity index (χ2n) is 4.08. The maximum Gasteiger partial charge on any atom is 0.303 e. The highest BCUT2D eigenvalue weighted by Crippen LogP contribution is 2.29. The first-order valence-electron chi connectivity index (χ1n) is 5.44. The number of terminal acetylenes is 1. The predicted octanol–water partition coefficient (Wildman–Crippen LogP) is 1.59. The van der Waals surface area contributed by atoms with E-state index in [0.29, 0.717) is 12.8 Å². The second-order valence-corrected chi connectivity index (χ2v) is 4.08. The Hall–Kier alpha value is -1.76. The summed E-state index contributed by atoms with van der Waals surface area (Å²) in [6, 6.07) is 0. The van der Waals surface area contributed by atoms with Crippen molar-refractivity contribution in [2.45, 2.75) is 45.8 Å². The lowest BCUT2D eigenvalue weighted by Gasteiger charge is -2.29. The van der Waals surface area contributed by atoms with E-state index in [9.17, 15) is 9.59 Å². The summed E-state index contributed by atoms with van der Waals surface area (Å²) >= 11 is 0. The third kappa shape index (κ3) is 3.63. The van der Waals surface area contributed by atoms with Gasteiger partial charge in [0.1, 0.15) is 12.2 Å². The molecule has 0 saturated carbocycles. The van der Waals surface area contributed by atoms with Gasteiger partial charge in [0.25, 0.3) is 0 Å². The lowest BCUT2D eigenvalue weighted by atomic mass is 9.88. The summed E-state index contributed by atoms with van der Waals surface area (Å²) in [5.74, 6) is 1.84. The largest absolute Gasteiger partial charge is 0.462 e. The van der Waals surface area contributed by atoms with E-state index in [0.717, 1.165) is 11.1 Å². The van der Waals surface area contributed by atoms with Crippen molar-refractivity contribution in [1.82, 2.24) is 0 Å². The molecule has 2 atom stereocenters. The van der Waals surface area contributed by atoms with Crippen LogP contribution in [0.2, 0.25) is 0 Å². The molecular weight excluding hydrogens is 220 g/mol. The summed E-state index contributed by atoms with van der Waals surface area (Å²) in [6.07, 6.45) is 5.67. The zero-order chi connectivity index (χ0) is 13.0. The zero-order valence-corrected chi connectivity index (χ0v) is 10.3. The van der Waals surface area contributed by atoms with Crippen molar-refractivity contribution in [2.24, 2.45) is 0 Å². The Morgan fingerprint density at radius 2 is 1.88 bits per heavy atom. The van der Waals surface area contributed by atoms with Crippen molar-refractivity contribution in [2.75, 3.05) is 0 Å². The predicted molar refractivity (Wildman–Crippen MR) is 61.9 cm³/mol. The lowest BCUT2D eigenvalue weighted by molar-refractivity contribution is -0.151. The molecule has 0 aromatic heterocycles. The molecule has 0 aromatic carbocycles. The molecule has 0 fully saturated rings. The van der Waals surface area contributed by atoms with Crippen molar-refractivity contribution in [1.29, 1.82) is 0 Å². The molecule has 1 rings (SSSR count). The van der Waals surface area contributed by atoms with Gasteiger partial charge in [-0.15, -0.1) is 6.42 Å². The monoisotopic (exact) mass is 236 g/mol. The highest BCUT2D eigenvalue weighted by molar-refractivity contribution is 5.67. The Morgan fingerprint density at radius 1 is 1.29 bits per heavy atom. The van der Waals surface area contributed by atoms with E-state index in [1.54, 1.807) is 0 Å². The van der Waals surface area contributed by atoms with Crippen molar-refractivity contribution in [3.05, 3.63) is 11.1 Å². The first kappa shape index (κ1) is 13.3. The molecule has 92 valence electrons. The molecule has 0 amide bonds. The average Bonchev–Trinajstić information content (AvgIpc) is 2.21. The van der Waals surface area contributed by atoms with Crippen LogP contribution in [0.5, 0.6) is 0 Å². The van der Waals surface area contributed by atoms with E-state index in [4.69, 9.17) is 15.9 Å². The summed E-state index contributed by atoms with van der Waals surface area (Å²) in [5.41, 5.74) is 1.61. The van der Waals surface area contributed by atoms with Crippen molar-refractivity contribution >= 4 is 11.9 Å². The Labute approximate surface area is 101 Å². The minimum absolute atomic E-state index is 0.313. The van der Waals surface area contributed by atoms with E-state index in [2.05, 4.69) is 5.92 Å². The summed E-state index contributed by atoms with van der Waals surface area (Å²) < 4.78 is 10.3. The van der Waals surface area contributed by atoms with E-state index < -0.39 is 6.10 Å². The molecule has 17 heavy (non-hydrogen) atoms. The maximum absolute atomic E-state index is 11.0. The molecule has 0 aromatic rings. The van der Waals surface area contributed by atoms with Crippen LogP contribution in [0.4, 0.5) is 0 Å². The molecule has 1 aliphatic carbocycles. The van der Waals surface area contributed by atoms with Crippen LogP contribution in [-0.2, 0) is 19.1 Å². The lowest BCUT2D eigenvalue weighted by Crippen LogP contribution is -2.32. The minimum Gasteiger partial charge on any atom is -0.462 e. The molecule has 0 radical (unpaired) electrons. The van der Waals surface area contributed by atoms with Gasteiger partial charge < -0.3 is 9.47 Å². The number of carbonyl (C=O) groups excluding carboxylic acids is 2. The number of rotatable bonds is 2. The Morgan fingerprint density at radius 3 is 2.35 bits per heavy atom. The molecule has 0 saturated heterocycles. The highest BCUT2D eigenvalue weighted by atomic mass is 16.6. The molecule has 4 heteroatoms. The molecule has 0 aliphatic heterocycles. The molecule has 0 bridgehead atoms. The summed E-state index contributed by atoms with van der Waals surface area (Å²) in [4.78, 5) is 21.9. The van der Waals surface area contributed by atoms with Crippen molar-refractivity contribution < 1.29 is 19.1 Å². The highest BCUT2D eigenvalue weighted by Gasteiger charge is 2.30. The normalized spacial score (nSPS) is 23.9. The Balaban J connectivity index is 2.86. The van der Waals surface area contributed by atoms with Crippen LogP contribution < -0.4 is 0 Å². The smallest absolute Gasteiger partial charge is 0.303 e. The van der Waals surface area contributed by atoms with Gasteiger partial charge in [0, 0.05) is 32.3 Å². The molecule has 1 aliphatic rings. The van der Waals surface area contributed by atoms with Gasteiger partial charge in [0.2, 0.25) is 0 Å². The number of hydrogen-bond acceptors (Lipinski definition) is 4. The van der Waals surface area contributed by atoms with Crippen molar-refractivity contribution in [3.8, 4) is 12.3 Å². The number of esters is 2. The number of ether oxygens (including phenoxy) is 2. The fourth-order valence-electron chi connectivity index (χ4n) is 1.92. The third-order valence-corrected chi connectivity index (χ3v) is 2.68. The average molecular weight is 236 g/mol. The van der Waals surface area contributed by atoms with Crippen LogP contribution in [0.25, 0.3) is 0 Å². The Kier molecular flexibility index (Phi) is 4.33. The quantitative estimate of drug-likeness (QED) is 0.539. The van der Waals surface area contributed by atoms with Crippen molar-refractivity contribution in [3.63, 3.8) is 0 Å². The van der Waals surface area contributed by atoms with Gasteiger partial charge in [-0.25, -0.2) is 0 Å². The molecule has 0 spiro atoms. The summed E-state index contributed by atoms with van der Waals surface area (Å²) in [5, 5.41) is 0. The fourth-order valence-corrected chi connectivity index (χ4v) is 1.92. The third-order valence-electron chi connectivity index (χ3n) is 2.68. The summed E-state index contributed by atoms with van der Waals surface area (Å²) in [7, 11) is 0. The van der Waals surface area contributed by atoms with Gasteiger partial charge in [0.05, 0.1) is 0 Å². The van der Waals surface area contributed by atoms with E-state index in [1.807, 2.05) is 6.92 Å². The molecule has 4 nitrogen and oxygen atoms in total. The van der Waals surface area contributed by atoms with E-state index in [1.165, 1.54) is 13.8 Å². The van der Waals surface area contributed by atoms with E-state index >= 15 is 0 Å². The second kappa shape index (κ2) is 5.53. The van der Waals surface area contributed by atoms with Gasteiger partial charge in [-0.2, -0.15) is 0 Å². The van der Waals surface area contributed by atoms with Crippen LogP contribution in [0, 0.1) is 12.3 Å². The summed E-state index contributed by atoms with van der Waals surface area (Å²) in [6.45, 7) is 4.53. The zero-order valence-electron chi connectivity index (χ0n) is 10.3. The standard InChI is InChI=1S/C13H16O4/c1-5-11-6-12(16-9(3)14)7-13(8(11)2)17-10(4)15/h1,12-13H,6-7H2,2-4H3/t12-,13+/m1/s1. The first-order valence-corrected chi connectivity index (χ1v) is 5.44. The Bertz CT molecular complexity index is 400. The molecule has 0 heterocycles.